The summed E-state index contributed by atoms with van der Waals surface area (Å²) >= 11 is 3.47. The number of halogens is 1. The summed E-state index contributed by atoms with van der Waals surface area (Å²) < 4.78 is 11.0. The molecular weight excluding hydrogens is 256 g/mol. The van der Waals surface area contributed by atoms with Crippen molar-refractivity contribution in [3.05, 3.63) is 23.8 Å². The first-order valence-electron chi connectivity index (χ1n) is 5.27. The van der Waals surface area contributed by atoms with Crippen LogP contribution in [0, 0.1) is 0 Å². The molecular formula is C12H15BrO2. The molecule has 1 aromatic rings. The summed E-state index contributed by atoms with van der Waals surface area (Å²) in [4.78, 5) is 0. The number of hydrogen-bond donors (Lipinski definition) is 0. The van der Waals surface area contributed by atoms with Gasteiger partial charge in [-0.15, -0.1) is 0 Å². The Kier molecular flexibility index (Phi) is 3.52. The lowest BCUT2D eigenvalue weighted by Gasteiger charge is -2.20. The first-order chi connectivity index (χ1) is 7.31. The molecule has 0 N–H and O–H groups in total. The number of benzene rings is 1. The molecule has 0 amide bonds. The Morgan fingerprint density at radius 3 is 2.73 bits per heavy atom. The number of fused-ring (bicyclic) bond motifs is 1. The molecule has 82 valence electrons. The summed E-state index contributed by atoms with van der Waals surface area (Å²) in [5.74, 6) is 2.32. The van der Waals surface area contributed by atoms with Crippen molar-refractivity contribution in [2.24, 2.45) is 0 Å². The lowest BCUT2D eigenvalue weighted by Crippen LogP contribution is -2.15. The van der Waals surface area contributed by atoms with Crippen molar-refractivity contribution in [1.82, 2.24) is 0 Å². The summed E-state index contributed by atoms with van der Waals surface area (Å²) in [6, 6.07) is 6.23. The second-order valence-corrected chi connectivity index (χ2v) is 4.57. The van der Waals surface area contributed by atoms with Gasteiger partial charge in [0.25, 0.3) is 0 Å². The maximum absolute atomic E-state index is 5.56. The van der Waals surface area contributed by atoms with Crippen molar-refractivity contribution in [1.29, 1.82) is 0 Å². The van der Waals surface area contributed by atoms with E-state index in [4.69, 9.17) is 9.47 Å². The Morgan fingerprint density at radius 2 is 2.00 bits per heavy atom. The van der Waals surface area contributed by atoms with Crippen LogP contribution in [-0.4, -0.2) is 18.5 Å². The van der Waals surface area contributed by atoms with E-state index < -0.39 is 0 Å². The minimum Gasteiger partial charge on any atom is -0.486 e. The van der Waals surface area contributed by atoms with Crippen LogP contribution in [0.2, 0.25) is 0 Å². The molecule has 1 aromatic carbocycles. The monoisotopic (exact) mass is 270 g/mol. The van der Waals surface area contributed by atoms with E-state index in [2.05, 4.69) is 35.0 Å². The molecule has 3 heteroatoms. The Morgan fingerprint density at radius 1 is 1.27 bits per heavy atom. The topological polar surface area (TPSA) is 18.5 Å². The predicted octanol–water partition coefficient (Wildman–Crippen LogP) is 3.35. The first-order valence-corrected chi connectivity index (χ1v) is 6.39. The number of ether oxygens (including phenoxy) is 2. The SMILES string of the molecule is CC(CCBr)c1ccc2c(c1)OCCO2. The Hall–Kier alpha value is -0.700. The van der Waals surface area contributed by atoms with E-state index in [1.54, 1.807) is 0 Å². The number of rotatable bonds is 3. The van der Waals surface area contributed by atoms with E-state index in [1.807, 2.05) is 6.07 Å². The highest BCUT2D eigenvalue weighted by Gasteiger charge is 2.13. The van der Waals surface area contributed by atoms with Crippen molar-refractivity contribution < 1.29 is 9.47 Å². The van der Waals surface area contributed by atoms with E-state index in [1.165, 1.54) is 5.56 Å². The summed E-state index contributed by atoms with van der Waals surface area (Å²) in [6.45, 7) is 3.54. The predicted molar refractivity (Wildman–Crippen MR) is 64.3 cm³/mol. The first kappa shape index (κ1) is 10.8. The van der Waals surface area contributed by atoms with Crippen LogP contribution in [-0.2, 0) is 0 Å². The van der Waals surface area contributed by atoms with Gasteiger partial charge < -0.3 is 9.47 Å². The van der Waals surface area contributed by atoms with Crippen LogP contribution in [0.25, 0.3) is 0 Å². The van der Waals surface area contributed by atoms with Crippen molar-refractivity contribution in [2.75, 3.05) is 18.5 Å². The van der Waals surface area contributed by atoms with Crippen molar-refractivity contribution >= 4 is 15.9 Å². The van der Waals surface area contributed by atoms with Gasteiger partial charge in [0.2, 0.25) is 0 Å². The highest BCUT2D eigenvalue weighted by atomic mass is 79.9. The maximum Gasteiger partial charge on any atom is 0.161 e. The smallest absolute Gasteiger partial charge is 0.161 e. The van der Waals surface area contributed by atoms with Crippen LogP contribution in [0.4, 0.5) is 0 Å². The minimum absolute atomic E-state index is 0.556. The van der Waals surface area contributed by atoms with E-state index in [9.17, 15) is 0 Å². The molecule has 0 aromatic heterocycles. The van der Waals surface area contributed by atoms with Gasteiger partial charge in [-0.2, -0.15) is 0 Å². The largest absolute Gasteiger partial charge is 0.486 e. The molecule has 1 heterocycles. The molecule has 0 saturated heterocycles. The van der Waals surface area contributed by atoms with Crippen LogP contribution in [0.3, 0.4) is 0 Å². The average molecular weight is 271 g/mol. The molecule has 0 aliphatic carbocycles. The minimum atomic E-state index is 0.556. The van der Waals surface area contributed by atoms with E-state index in [0.29, 0.717) is 19.1 Å². The molecule has 2 rings (SSSR count). The van der Waals surface area contributed by atoms with Crippen molar-refractivity contribution in [3.63, 3.8) is 0 Å². The molecule has 1 unspecified atom stereocenters. The fourth-order valence-electron chi connectivity index (χ4n) is 1.70. The Bertz CT molecular complexity index is 338. The molecule has 2 nitrogen and oxygen atoms in total. The summed E-state index contributed by atoms with van der Waals surface area (Å²) in [6.07, 6.45) is 1.14. The molecule has 1 aliphatic rings. The molecule has 1 atom stereocenters. The van der Waals surface area contributed by atoms with Gasteiger partial charge in [-0.05, 0) is 30.0 Å². The van der Waals surface area contributed by atoms with E-state index in [-0.39, 0.29) is 0 Å². The highest BCUT2D eigenvalue weighted by Crippen LogP contribution is 2.33. The standard InChI is InChI=1S/C12H15BrO2/c1-9(4-5-13)10-2-3-11-12(8-10)15-7-6-14-11/h2-3,8-9H,4-7H2,1H3. The Balaban J connectivity index is 2.20. The highest BCUT2D eigenvalue weighted by molar-refractivity contribution is 9.09. The van der Waals surface area contributed by atoms with Gasteiger partial charge in [0.15, 0.2) is 11.5 Å². The second kappa shape index (κ2) is 4.88. The van der Waals surface area contributed by atoms with Gasteiger partial charge in [-0.25, -0.2) is 0 Å². The normalized spacial score (nSPS) is 16.1. The van der Waals surface area contributed by atoms with Crippen LogP contribution in [0.1, 0.15) is 24.8 Å². The summed E-state index contributed by atoms with van der Waals surface area (Å²) in [5, 5.41) is 1.03. The van der Waals surface area contributed by atoms with Crippen LogP contribution in [0.5, 0.6) is 11.5 Å². The lowest BCUT2D eigenvalue weighted by molar-refractivity contribution is 0.171. The molecule has 0 radical (unpaired) electrons. The quantitative estimate of drug-likeness (QED) is 0.785. The Labute approximate surface area is 98.7 Å². The zero-order chi connectivity index (χ0) is 10.7. The summed E-state index contributed by atoms with van der Waals surface area (Å²) in [7, 11) is 0. The third kappa shape index (κ3) is 2.46. The van der Waals surface area contributed by atoms with Gasteiger partial charge >= 0.3 is 0 Å². The zero-order valence-corrected chi connectivity index (χ0v) is 10.4. The van der Waals surface area contributed by atoms with Gasteiger partial charge in [-0.1, -0.05) is 28.9 Å². The lowest BCUT2D eigenvalue weighted by atomic mass is 9.98. The average Bonchev–Trinajstić information content (AvgIpc) is 2.29. The fourth-order valence-corrected chi connectivity index (χ4v) is 2.38. The zero-order valence-electron chi connectivity index (χ0n) is 8.83. The number of hydrogen-bond acceptors (Lipinski definition) is 2. The number of alkyl halides is 1. The van der Waals surface area contributed by atoms with Crippen LogP contribution < -0.4 is 9.47 Å². The summed E-state index contributed by atoms with van der Waals surface area (Å²) in [5.41, 5.74) is 1.32. The molecule has 0 saturated carbocycles. The van der Waals surface area contributed by atoms with E-state index >= 15 is 0 Å². The molecule has 0 bridgehead atoms. The molecule has 15 heavy (non-hydrogen) atoms. The maximum atomic E-state index is 5.56. The van der Waals surface area contributed by atoms with Gasteiger partial charge in [0.1, 0.15) is 13.2 Å². The second-order valence-electron chi connectivity index (χ2n) is 3.78. The molecule has 0 spiro atoms. The van der Waals surface area contributed by atoms with Gasteiger partial charge in [0.05, 0.1) is 0 Å². The fraction of sp³-hybridized carbons (Fsp3) is 0.500. The van der Waals surface area contributed by atoms with E-state index in [0.717, 1.165) is 23.2 Å². The van der Waals surface area contributed by atoms with Crippen LogP contribution in [0.15, 0.2) is 18.2 Å². The third-order valence-corrected chi connectivity index (χ3v) is 3.14. The third-order valence-electron chi connectivity index (χ3n) is 2.68. The van der Waals surface area contributed by atoms with Crippen molar-refractivity contribution in [3.8, 4) is 11.5 Å². The van der Waals surface area contributed by atoms with Gasteiger partial charge in [-0.3, -0.25) is 0 Å². The molecule has 1 aliphatic heterocycles. The molecule has 0 fully saturated rings. The van der Waals surface area contributed by atoms with Crippen LogP contribution >= 0.6 is 15.9 Å². The van der Waals surface area contributed by atoms with Crippen molar-refractivity contribution in [2.45, 2.75) is 19.3 Å². The van der Waals surface area contributed by atoms with Gasteiger partial charge in [0, 0.05) is 5.33 Å².